The van der Waals surface area contributed by atoms with Crippen molar-refractivity contribution in [2.24, 2.45) is 0 Å². The number of nitrogens with one attached hydrogen (secondary N) is 1. The topological polar surface area (TPSA) is 72.0 Å². The predicted molar refractivity (Wildman–Crippen MR) is 84.6 cm³/mol. The third-order valence-electron chi connectivity index (χ3n) is 2.91. The number of nitrogens with zero attached hydrogens (tertiary/aromatic N) is 2. The Hall–Kier alpha value is -0.920. The minimum Gasteiger partial charge on any atom is -0.368 e. The smallest absolute Gasteiger partial charge is 0.225 e. The van der Waals surface area contributed by atoms with Crippen molar-refractivity contribution >= 4 is 48.8 Å². The zero-order valence-corrected chi connectivity index (χ0v) is 13.7. The quantitative estimate of drug-likeness (QED) is 0.823. The van der Waals surface area contributed by atoms with Gasteiger partial charge in [-0.15, -0.1) is 11.3 Å². The highest BCUT2D eigenvalue weighted by Crippen LogP contribution is 2.30. The van der Waals surface area contributed by atoms with Gasteiger partial charge < -0.3 is 5.32 Å². The van der Waals surface area contributed by atoms with Crippen molar-refractivity contribution in [2.75, 3.05) is 23.4 Å². The monoisotopic (exact) mass is 333 g/mol. The number of halogens is 1. The van der Waals surface area contributed by atoms with Crippen LogP contribution in [-0.4, -0.2) is 36.4 Å². The van der Waals surface area contributed by atoms with Crippen molar-refractivity contribution in [3.8, 4) is 0 Å². The summed E-state index contributed by atoms with van der Waals surface area (Å²) in [6.07, 6.45) is 0.919. The van der Waals surface area contributed by atoms with Crippen LogP contribution in [0.4, 0.5) is 5.82 Å². The van der Waals surface area contributed by atoms with Gasteiger partial charge in [0.1, 0.15) is 10.6 Å². The van der Waals surface area contributed by atoms with E-state index in [0.29, 0.717) is 12.4 Å². The number of aryl methyl sites for hydroxylation is 1. The average Bonchev–Trinajstić information content (AvgIpc) is 2.81. The molecule has 5 nitrogen and oxygen atoms in total. The first-order chi connectivity index (χ1) is 9.45. The Bertz CT molecular complexity index is 713. The van der Waals surface area contributed by atoms with Crippen LogP contribution in [0.15, 0.2) is 6.07 Å². The summed E-state index contributed by atoms with van der Waals surface area (Å²) in [6, 6.07) is 2.02. The maximum Gasteiger partial charge on any atom is 0.225 e. The van der Waals surface area contributed by atoms with Crippen molar-refractivity contribution < 1.29 is 8.42 Å². The summed E-state index contributed by atoms with van der Waals surface area (Å²) in [5, 5.41) is 4.11. The van der Waals surface area contributed by atoms with Crippen LogP contribution in [0.3, 0.4) is 0 Å². The molecule has 0 saturated carbocycles. The second kappa shape index (κ2) is 6.24. The molecule has 8 heteroatoms. The van der Waals surface area contributed by atoms with E-state index in [9.17, 15) is 8.42 Å². The highest BCUT2D eigenvalue weighted by molar-refractivity contribution is 7.91. The van der Waals surface area contributed by atoms with Gasteiger partial charge in [-0.25, -0.2) is 18.4 Å². The van der Waals surface area contributed by atoms with E-state index in [0.717, 1.165) is 16.6 Å². The van der Waals surface area contributed by atoms with Gasteiger partial charge in [0.2, 0.25) is 5.28 Å². The van der Waals surface area contributed by atoms with Crippen molar-refractivity contribution in [1.29, 1.82) is 0 Å². The second-order valence-corrected chi connectivity index (χ2v) is 8.22. The van der Waals surface area contributed by atoms with E-state index in [2.05, 4.69) is 22.2 Å². The summed E-state index contributed by atoms with van der Waals surface area (Å²) >= 11 is 7.47. The number of fused-ring (bicyclic) bond motifs is 1. The molecule has 0 aliphatic heterocycles. The highest BCUT2D eigenvalue weighted by atomic mass is 35.5. The Balaban J connectivity index is 2.22. The van der Waals surface area contributed by atoms with Gasteiger partial charge in [0.25, 0.3) is 0 Å². The van der Waals surface area contributed by atoms with E-state index in [4.69, 9.17) is 11.6 Å². The molecule has 0 radical (unpaired) electrons. The number of aromatic nitrogens is 2. The largest absolute Gasteiger partial charge is 0.368 e. The predicted octanol–water partition coefficient (Wildman–Crippen LogP) is 2.75. The minimum absolute atomic E-state index is 0.0807. The normalized spacial score (nSPS) is 11.9. The molecule has 0 aromatic carbocycles. The molecule has 0 aliphatic rings. The first-order valence-corrected chi connectivity index (χ1v) is 9.37. The van der Waals surface area contributed by atoms with Crippen LogP contribution in [0.1, 0.15) is 18.7 Å². The molecule has 110 valence electrons. The lowest BCUT2D eigenvalue weighted by molar-refractivity contribution is 0.597. The first-order valence-electron chi connectivity index (χ1n) is 6.35. The number of sulfone groups is 1. The molecule has 2 rings (SSSR count). The maximum absolute atomic E-state index is 11.5. The summed E-state index contributed by atoms with van der Waals surface area (Å²) in [4.78, 5) is 10.4. The molecule has 0 aliphatic carbocycles. The van der Waals surface area contributed by atoms with Crippen LogP contribution in [0, 0.1) is 0 Å². The van der Waals surface area contributed by atoms with E-state index in [1.165, 1.54) is 4.88 Å². The van der Waals surface area contributed by atoms with Crippen LogP contribution < -0.4 is 5.32 Å². The molecule has 2 aromatic heterocycles. The summed E-state index contributed by atoms with van der Waals surface area (Å²) in [7, 11) is -2.99. The Morgan fingerprint density at radius 2 is 2.10 bits per heavy atom. The van der Waals surface area contributed by atoms with E-state index < -0.39 is 9.84 Å². The first kappa shape index (κ1) is 15.5. The van der Waals surface area contributed by atoms with Crippen LogP contribution in [0.2, 0.25) is 5.28 Å². The van der Waals surface area contributed by atoms with Crippen LogP contribution in [0.25, 0.3) is 10.2 Å². The van der Waals surface area contributed by atoms with Crippen LogP contribution in [0.5, 0.6) is 0 Å². The van der Waals surface area contributed by atoms with Crippen molar-refractivity contribution in [1.82, 2.24) is 9.97 Å². The highest BCUT2D eigenvalue weighted by Gasteiger charge is 2.12. The van der Waals surface area contributed by atoms with Crippen LogP contribution >= 0.6 is 22.9 Å². The third-order valence-corrected chi connectivity index (χ3v) is 5.96. The SMILES string of the molecule is CCc1cc2c(NCCS(=O)(=O)CC)nc(Cl)nc2s1. The lowest BCUT2D eigenvalue weighted by atomic mass is 10.3. The zero-order valence-electron chi connectivity index (χ0n) is 11.3. The Morgan fingerprint density at radius 1 is 1.35 bits per heavy atom. The Kier molecular flexibility index (Phi) is 4.82. The van der Waals surface area contributed by atoms with Gasteiger partial charge in [-0.1, -0.05) is 13.8 Å². The summed E-state index contributed by atoms with van der Waals surface area (Å²) < 4.78 is 22.9. The number of thiophene rings is 1. The molecular formula is C12H16ClN3O2S2. The Labute approximate surface area is 127 Å². The second-order valence-electron chi connectivity index (χ2n) is 4.29. The van der Waals surface area contributed by atoms with E-state index in [1.54, 1.807) is 18.3 Å². The third kappa shape index (κ3) is 3.59. The van der Waals surface area contributed by atoms with Gasteiger partial charge in [-0.2, -0.15) is 0 Å². The van der Waals surface area contributed by atoms with Crippen molar-refractivity contribution in [3.63, 3.8) is 0 Å². The molecule has 2 aromatic rings. The molecule has 1 N–H and O–H groups in total. The van der Waals surface area contributed by atoms with Gasteiger partial charge >= 0.3 is 0 Å². The maximum atomic E-state index is 11.5. The summed E-state index contributed by atoms with van der Waals surface area (Å²) in [6.45, 7) is 4.03. The molecule has 2 heterocycles. The van der Waals surface area contributed by atoms with Gasteiger partial charge in [0, 0.05) is 17.2 Å². The minimum atomic E-state index is -2.99. The molecule has 0 bridgehead atoms. The fourth-order valence-corrected chi connectivity index (χ4v) is 3.61. The van der Waals surface area contributed by atoms with Gasteiger partial charge in [0.05, 0.1) is 11.1 Å². The average molecular weight is 334 g/mol. The Morgan fingerprint density at radius 3 is 2.75 bits per heavy atom. The van der Waals surface area contributed by atoms with Gasteiger partial charge in [0.15, 0.2) is 9.84 Å². The molecule has 20 heavy (non-hydrogen) atoms. The molecule has 0 spiro atoms. The number of hydrogen-bond donors (Lipinski definition) is 1. The number of hydrogen-bond acceptors (Lipinski definition) is 6. The zero-order chi connectivity index (χ0) is 14.8. The van der Waals surface area contributed by atoms with E-state index in [1.807, 2.05) is 6.07 Å². The molecule has 0 unspecified atom stereocenters. The van der Waals surface area contributed by atoms with E-state index in [-0.39, 0.29) is 16.8 Å². The molecule has 0 saturated heterocycles. The van der Waals surface area contributed by atoms with Crippen molar-refractivity contribution in [3.05, 3.63) is 16.2 Å². The fraction of sp³-hybridized carbons (Fsp3) is 0.500. The molecular weight excluding hydrogens is 318 g/mol. The van der Waals surface area contributed by atoms with Gasteiger partial charge in [-0.3, -0.25) is 0 Å². The molecule has 0 amide bonds. The van der Waals surface area contributed by atoms with E-state index >= 15 is 0 Å². The molecule has 0 atom stereocenters. The fourth-order valence-electron chi connectivity index (χ4n) is 1.72. The lowest BCUT2D eigenvalue weighted by Gasteiger charge is -2.06. The standard InChI is InChI=1S/C12H16ClN3O2S2/c1-3-8-7-9-10(14-5-6-20(17,18)4-2)15-12(13)16-11(9)19-8/h7H,3-6H2,1-2H3,(H,14,15,16). The lowest BCUT2D eigenvalue weighted by Crippen LogP contribution is -2.17. The summed E-state index contributed by atoms with van der Waals surface area (Å²) in [5.41, 5.74) is 0. The van der Waals surface area contributed by atoms with Crippen molar-refractivity contribution in [2.45, 2.75) is 20.3 Å². The van der Waals surface area contributed by atoms with Crippen LogP contribution in [-0.2, 0) is 16.3 Å². The number of rotatable bonds is 6. The summed E-state index contributed by atoms with van der Waals surface area (Å²) in [5.74, 6) is 0.826. The van der Waals surface area contributed by atoms with Gasteiger partial charge in [-0.05, 0) is 24.1 Å². The number of anilines is 1. The molecule has 0 fully saturated rings.